The van der Waals surface area contributed by atoms with E-state index in [2.05, 4.69) is 20.1 Å². The normalized spacial score (nSPS) is 32.0. The first-order chi connectivity index (χ1) is 26.2. The van der Waals surface area contributed by atoms with Crippen LogP contribution in [-0.2, 0) is 52.3 Å². The van der Waals surface area contributed by atoms with Gasteiger partial charge >= 0.3 is 17.9 Å². The van der Waals surface area contributed by atoms with E-state index in [9.17, 15) is 29.7 Å². The summed E-state index contributed by atoms with van der Waals surface area (Å²) in [5.74, 6) is -3.79. The molecule has 2 saturated heterocycles. The Labute approximate surface area is 325 Å². The summed E-state index contributed by atoms with van der Waals surface area (Å²) in [4.78, 5) is 38.7. The minimum Gasteiger partial charge on any atom is -0.493 e. The molecular weight excluding hydrogens is 716 g/mol. The number of rotatable bonds is 13. The van der Waals surface area contributed by atoms with Crippen molar-refractivity contribution in [3.05, 3.63) is 48.8 Å². The second-order valence-electron chi connectivity index (χ2n) is 15.0. The highest BCUT2D eigenvalue weighted by Gasteiger charge is 2.57. The largest absolute Gasteiger partial charge is 0.493 e. The summed E-state index contributed by atoms with van der Waals surface area (Å²) >= 11 is 0. The molecule has 3 rings (SSSR count). The lowest BCUT2D eigenvalue weighted by Gasteiger charge is -2.51. The van der Waals surface area contributed by atoms with Crippen molar-refractivity contribution in [2.24, 2.45) is 5.41 Å². The summed E-state index contributed by atoms with van der Waals surface area (Å²) in [6.07, 6.45) is 5.92. The third-order valence-electron chi connectivity index (χ3n) is 9.97. The molecule has 3 aliphatic rings. The van der Waals surface area contributed by atoms with E-state index in [-0.39, 0.29) is 62.8 Å². The fraction of sp³-hybridized carbons (Fsp3) is 0.732. The van der Waals surface area contributed by atoms with Gasteiger partial charge in [-0.05, 0) is 37.3 Å². The molecule has 8 atom stereocenters. The van der Waals surface area contributed by atoms with Crippen LogP contribution in [0.2, 0.25) is 0 Å². The van der Waals surface area contributed by atoms with E-state index >= 15 is 0 Å². The number of fused-ring (bicyclic) bond motifs is 4. The first kappa shape index (κ1) is 46.3. The Morgan fingerprint density at radius 3 is 2.44 bits per heavy atom. The molecule has 0 aromatic rings. The summed E-state index contributed by atoms with van der Waals surface area (Å²) in [6, 6.07) is 0. The lowest BCUT2D eigenvalue weighted by molar-refractivity contribution is -0.327. The van der Waals surface area contributed by atoms with E-state index < -0.39 is 72.5 Å². The molecule has 1 unspecified atom stereocenters. The molecule has 2 fully saturated rings. The van der Waals surface area contributed by atoms with Crippen molar-refractivity contribution in [1.29, 1.82) is 0 Å². The molecule has 0 aromatic heterocycles. The molecule has 14 nitrogen and oxygen atoms in total. The Bertz CT molecular complexity index is 1310. The second kappa shape index (κ2) is 23.2. The summed E-state index contributed by atoms with van der Waals surface area (Å²) in [7, 11) is 1.22. The van der Waals surface area contributed by atoms with Crippen LogP contribution >= 0.6 is 0 Å². The van der Waals surface area contributed by atoms with Gasteiger partial charge in [-0.3, -0.25) is 9.59 Å². The van der Waals surface area contributed by atoms with Gasteiger partial charge in [0.05, 0.1) is 50.3 Å². The average molecular weight is 781 g/mol. The number of aliphatic hydroxyl groups excluding tert-OH is 2. The Morgan fingerprint density at radius 1 is 1.00 bits per heavy atom. The highest BCUT2D eigenvalue weighted by Crippen LogP contribution is 2.47. The van der Waals surface area contributed by atoms with Crippen molar-refractivity contribution < 1.29 is 67.6 Å². The first-order valence-corrected chi connectivity index (χ1v) is 19.6. The smallest absolute Gasteiger partial charge is 0.330 e. The predicted molar refractivity (Wildman–Crippen MR) is 201 cm³/mol. The number of unbranched alkanes of at least 4 members (excludes halogenated alkanes) is 4. The van der Waals surface area contributed by atoms with Crippen molar-refractivity contribution in [3.8, 4) is 0 Å². The van der Waals surface area contributed by atoms with E-state index in [0.717, 1.165) is 25.7 Å². The monoisotopic (exact) mass is 780 g/mol. The molecular formula is C41H64O14. The zero-order chi connectivity index (χ0) is 40.4. The predicted octanol–water partition coefficient (Wildman–Crippen LogP) is 4.88. The Hall–Kier alpha value is -3.11. The van der Waals surface area contributed by atoms with Crippen molar-refractivity contribution in [3.63, 3.8) is 0 Å². The second-order valence-corrected chi connectivity index (χ2v) is 15.0. The van der Waals surface area contributed by atoms with Crippen LogP contribution in [0.4, 0.5) is 0 Å². The SMILES string of the molecule is C=CCOC(=O)C[C@H]1C[C@H]2CCOCC[C@@H](O)CC(=C)O[C@@H](CO)CC3C/C(=C\C(=O)OC)[C@H](OC(=O)CCCCCCC)[C@@](O)(O3)C(C)(C)/C=C/[C@H](O2)O1. The van der Waals surface area contributed by atoms with Crippen molar-refractivity contribution in [2.75, 3.05) is 33.5 Å². The van der Waals surface area contributed by atoms with Crippen LogP contribution in [-0.4, -0.2) is 115 Å². The molecule has 14 heteroatoms. The Morgan fingerprint density at radius 2 is 1.73 bits per heavy atom. The lowest BCUT2D eigenvalue weighted by Crippen LogP contribution is -2.62. The molecule has 312 valence electrons. The average Bonchev–Trinajstić information content (AvgIpc) is 3.13. The Kier molecular flexibility index (Phi) is 19.5. The number of hydrogen-bond donors (Lipinski definition) is 3. The number of aliphatic hydroxyl groups is 3. The molecule has 55 heavy (non-hydrogen) atoms. The van der Waals surface area contributed by atoms with Gasteiger partial charge in [-0.2, -0.15) is 0 Å². The van der Waals surface area contributed by atoms with Crippen LogP contribution in [0.1, 0.15) is 104 Å². The molecule has 0 saturated carbocycles. The zero-order valence-electron chi connectivity index (χ0n) is 33.1. The Balaban J connectivity index is 2.04. The van der Waals surface area contributed by atoms with Gasteiger partial charge in [0.15, 0.2) is 12.4 Å². The molecule has 3 heterocycles. The van der Waals surface area contributed by atoms with Gasteiger partial charge < -0.3 is 53.2 Å². The quantitative estimate of drug-likeness (QED) is 0.0755. The molecule has 0 radical (unpaired) electrons. The van der Waals surface area contributed by atoms with Gasteiger partial charge in [0.25, 0.3) is 0 Å². The fourth-order valence-corrected chi connectivity index (χ4v) is 6.86. The number of esters is 3. The van der Waals surface area contributed by atoms with Gasteiger partial charge in [-0.25, -0.2) is 4.79 Å². The topological polar surface area (TPSA) is 186 Å². The third kappa shape index (κ3) is 15.1. The number of carbonyl (C=O) groups is 3. The van der Waals surface area contributed by atoms with Gasteiger partial charge in [0.2, 0.25) is 5.79 Å². The summed E-state index contributed by atoms with van der Waals surface area (Å²) in [6.45, 7) is 13.2. The summed E-state index contributed by atoms with van der Waals surface area (Å²) < 4.78 is 46.9. The van der Waals surface area contributed by atoms with Crippen LogP contribution < -0.4 is 0 Å². The van der Waals surface area contributed by atoms with Gasteiger partial charge in [-0.1, -0.05) is 71.8 Å². The maximum absolute atomic E-state index is 13.4. The molecule has 0 spiro atoms. The zero-order valence-corrected chi connectivity index (χ0v) is 33.1. The minimum absolute atomic E-state index is 0.0259. The molecule has 3 N–H and O–H groups in total. The molecule has 0 amide bonds. The molecule has 0 aliphatic carbocycles. The van der Waals surface area contributed by atoms with Crippen LogP contribution in [0.25, 0.3) is 0 Å². The number of hydrogen-bond acceptors (Lipinski definition) is 14. The highest BCUT2D eigenvalue weighted by atomic mass is 16.7. The maximum Gasteiger partial charge on any atom is 0.330 e. The third-order valence-corrected chi connectivity index (χ3v) is 9.97. The van der Waals surface area contributed by atoms with Gasteiger partial charge in [-0.15, -0.1) is 0 Å². The number of ether oxygens (including phenoxy) is 8. The van der Waals surface area contributed by atoms with Crippen molar-refractivity contribution in [1.82, 2.24) is 0 Å². The maximum atomic E-state index is 13.4. The first-order valence-electron chi connectivity index (χ1n) is 19.6. The van der Waals surface area contributed by atoms with Gasteiger partial charge in [0, 0.05) is 50.4 Å². The van der Waals surface area contributed by atoms with Crippen LogP contribution in [0.5, 0.6) is 0 Å². The van der Waals surface area contributed by atoms with Crippen LogP contribution in [0, 0.1) is 5.41 Å². The summed E-state index contributed by atoms with van der Waals surface area (Å²) in [5.41, 5.74) is -1.11. The molecule has 0 aromatic carbocycles. The standard InChI is InChI=1S/C41H64O14/c1-7-9-10-11-12-13-35(44)54-39-29(23-36(45)48-6)22-33-25-34(27-42)51-28(3)21-30(43)15-19-49-20-16-31-24-32(26-37(46)50-18-8-2)53-38(52-31)14-17-40(4,5)41(39,47)55-33/h8,14,17,23,30-34,38-39,42-43,47H,2-3,7,9-13,15-16,18-22,24-27H2,1,4-6H3/b17-14+,29-23+/t30-,31-,32-,33?,34-,38-,39+,41-/m1/s1. The summed E-state index contributed by atoms with van der Waals surface area (Å²) in [5, 5.41) is 33.7. The van der Waals surface area contributed by atoms with E-state index in [1.54, 1.807) is 26.0 Å². The van der Waals surface area contributed by atoms with Crippen LogP contribution in [0.15, 0.2) is 48.8 Å². The lowest BCUT2D eigenvalue weighted by atomic mass is 9.74. The number of methoxy groups -OCH3 is 1. The fourth-order valence-electron chi connectivity index (χ4n) is 6.86. The van der Waals surface area contributed by atoms with Crippen molar-refractivity contribution >= 4 is 17.9 Å². The minimum atomic E-state index is -2.28. The highest BCUT2D eigenvalue weighted by molar-refractivity contribution is 5.83. The van der Waals surface area contributed by atoms with Crippen LogP contribution in [0.3, 0.4) is 0 Å². The van der Waals surface area contributed by atoms with Crippen molar-refractivity contribution in [2.45, 2.75) is 153 Å². The number of carbonyl (C=O) groups excluding carboxylic acids is 3. The van der Waals surface area contributed by atoms with E-state index in [4.69, 9.17) is 37.9 Å². The molecule has 4 bridgehead atoms. The van der Waals surface area contributed by atoms with Gasteiger partial charge in [0.1, 0.15) is 12.7 Å². The van der Waals surface area contributed by atoms with E-state index in [1.165, 1.54) is 19.3 Å². The van der Waals surface area contributed by atoms with E-state index in [0.29, 0.717) is 32.3 Å². The molecule has 3 aliphatic heterocycles. The van der Waals surface area contributed by atoms with E-state index in [1.807, 2.05) is 0 Å².